The van der Waals surface area contributed by atoms with Gasteiger partial charge in [-0.05, 0) is 18.2 Å². The zero-order valence-electron chi connectivity index (χ0n) is 11.8. The molecule has 0 spiro atoms. The highest BCUT2D eigenvalue weighted by molar-refractivity contribution is 7.89. The molecule has 0 bridgehead atoms. The first-order valence-electron chi connectivity index (χ1n) is 6.64. The molecule has 0 atom stereocenters. The molecule has 2 N–H and O–H groups in total. The molecular weight excluding hydrogens is 338 g/mol. The van der Waals surface area contributed by atoms with Gasteiger partial charge in [-0.1, -0.05) is 41.9 Å². The summed E-state index contributed by atoms with van der Waals surface area (Å²) in [4.78, 5) is 11.2. The number of benzene rings is 2. The summed E-state index contributed by atoms with van der Waals surface area (Å²) >= 11 is 6.01. The Bertz CT molecular complexity index is 911. The summed E-state index contributed by atoms with van der Waals surface area (Å²) in [5.74, 6) is -0.790. The van der Waals surface area contributed by atoms with Gasteiger partial charge >= 0.3 is 0 Å². The van der Waals surface area contributed by atoms with Crippen LogP contribution in [-0.4, -0.2) is 31.0 Å². The Hall–Kier alpha value is -2.38. The van der Waals surface area contributed by atoms with Crippen molar-refractivity contribution >= 4 is 33.2 Å². The highest BCUT2D eigenvalue weighted by Crippen LogP contribution is 2.30. The van der Waals surface area contributed by atoms with Crippen molar-refractivity contribution in [3.63, 3.8) is 0 Å². The number of amides is 1. The standard InChI is InChI=1S/C15H12ClN3O3S/c16-11-6-7-13-12(8-11)15(10-4-2-1-3-5-10)18-19(9-14(17)20)23(13,21)22/h1-8H,9H2,(H2,17,20). The largest absolute Gasteiger partial charge is 0.368 e. The van der Waals surface area contributed by atoms with E-state index in [9.17, 15) is 13.2 Å². The quantitative estimate of drug-likeness (QED) is 0.911. The number of rotatable bonds is 3. The minimum absolute atomic E-state index is 0.0389. The Balaban J connectivity index is 2.26. The SMILES string of the molecule is NC(=O)CN1N=C(c2ccccc2)c2cc(Cl)ccc2S1(=O)=O. The summed E-state index contributed by atoms with van der Waals surface area (Å²) in [6.07, 6.45) is 0. The molecule has 23 heavy (non-hydrogen) atoms. The van der Waals surface area contributed by atoms with Crippen LogP contribution in [0.1, 0.15) is 11.1 Å². The van der Waals surface area contributed by atoms with Crippen molar-refractivity contribution in [1.29, 1.82) is 0 Å². The van der Waals surface area contributed by atoms with E-state index in [1.54, 1.807) is 18.2 Å². The normalized spacial score (nSPS) is 15.7. The fourth-order valence-electron chi connectivity index (χ4n) is 2.31. The fraction of sp³-hybridized carbons (Fsp3) is 0.0667. The van der Waals surface area contributed by atoms with Gasteiger partial charge in [-0.25, -0.2) is 0 Å². The summed E-state index contributed by atoms with van der Waals surface area (Å²) in [5, 5.41) is 4.52. The molecule has 118 valence electrons. The van der Waals surface area contributed by atoms with E-state index in [2.05, 4.69) is 5.10 Å². The van der Waals surface area contributed by atoms with Crippen LogP contribution in [-0.2, 0) is 14.8 Å². The van der Waals surface area contributed by atoms with E-state index in [1.165, 1.54) is 12.1 Å². The topological polar surface area (TPSA) is 92.8 Å². The van der Waals surface area contributed by atoms with Crippen molar-refractivity contribution in [3.05, 3.63) is 64.7 Å². The molecule has 1 aliphatic heterocycles. The van der Waals surface area contributed by atoms with Gasteiger partial charge < -0.3 is 5.73 Å². The lowest BCUT2D eigenvalue weighted by Crippen LogP contribution is -2.39. The molecule has 1 heterocycles. The van der Waals surface area contributed by atoms with Gasteiger partial charge in [-0.15, -0.1) is 0 Å². The third-order valence-electron chi connectivity index (χ3n) is 3.30. The second kappa shape index (κ2) is 5.68. The lowest BCUT2D eigenvalue weighted by atomic mass is 10.0. The lowest BCUT2D eigenvalue weighted by molar-refractivity contribution is -0.118. The molecule has 0 saturated carbocycles. The van der Waals surface area contributed by atoms with Crippen LogP contribution in [0.2, 0.25) is 5.02 Å². The number of hydrazone groups is 1. The van der Waals surface area contributed by atoms with Gasteiger partial charge in [0.05, 0.1) is 4.90 Å². The number of nitrogens with zero attached hydrogens (tertiary/aromatic N) is 2. The van der Waals surface area contributed by atoms with Gasteiger partial charge in [0.25, 0.3) is 10.0 Å². The number of fused-ring (bicyclic) bond motifs is 1. The summed E-state index contributed by atoms with van der Waals surface area (Å²) in [6, 6.07) is 13.5. The van der Waals surface area contributed by atoms with Gasteiger partial charge in [-0.2, -0.15) is 17.9 Å². The number of carbonyl (C=O) groups is 1. The highest BCUT2D eigenvalue weighted by atomic mass is 35.5. The smallest absolute Gasteiger partial charge is 0.280 e. The van der Waals surface area contributed by atoms with Crippen molar-refractivity contribution in [2.45, 2.75) is 4.90 Å². The predicted molar refractivity (Wildman–Crippen MR) is 86.6 cm³/mol. The van der Waals surface area contributed by atoms with Crippen LogP contribution in [0.15, 0.2) is 58.5 Å². The van der Waals surface area contributed by atoms with Crippen LogP contribution < -0.4 is 5.73 Å². The average molecular weight is 350 g/mol. The fourth-order valence-corrected chi connectivity index (χ4v) is 3.87. The first kappa shape index (κ1) is 15.5. The molecule has 6 nitrogen and oxygen atoms in total. The van der Waals surface area contributed by atoms with E-state index in [1.807, 2.05) is 18.2 Å². The van der Waals surface area contributed by atoms with Gasteiger partial charge in [0, 0.05) is 16.1 Å². The third-order valence-corrected chi connectivity index (χ3v) is 5.21. The third kappa shape index (κ3) is 2.80. The van der Waals surface area contributed by atoms with E-state index >= 15 is 0 Å². The summed E-state index contributed by atoms with van der Waals surface area (Å²) in [6.45, 7) is -0.527. The molecule has 8 heteroatoms. The molecule has 2 aromatic rings. The minimum Gasteiger partial charge on any atom is -0.368 e. The zero-order chi connectivity index (χ0) is 16.6. The van der Waals surface area contributed by atoms with Crippen molar-refractivity contribution in [3.8, 4) is 0 Å². The van der Waals surface area contributed by atoms with Crippen LogP contribution in [0, 0.1) is 0 Å². The Kier molecular flexibility index (Phi) is 3.83. The van der Waals surface area contributed by atoms with E-state index in [0.717, 1.165) is 0 Å². The Morgan fingerprint density at radius 1 is 1.17 bits per heavy atom. The molecule has 0 saturated heterocycles. The number of sulfonamides is 1. The molecule has 0 fully saturated rings. The maximum absolute atomic E-state index is 12.6. The molecular formula is C15H12ClN3O3S. The molecule has 1 aliphatic rings. The van der Waals surface area contributed by atoms with Gasteiger partial charge in [0.2, 0.25) is 5.91 Å². The molecule has 0 unspecified atom stereocenters. The maximum Gasteiger partial charge on any atom is 0.280 e. The Morgan fingerprint density at radius 2 is 1.87 bits per heavy atom. The van der Waals surface area contributed by atoms with Crippen LogP contribution in [0.25, 0.3) is 0 Å². The van der Waals surface area contributed by atoms with E-state index in [4.69, 9.17) is 17.3 Å². The molecule has 1 amide bonds. The molecule has 3 rings (SSSR count). The first-order valence-corrected chi connectivity index (χ1v) is 8.46. The number of hydrogen-bond donors (Lipinski definition) is 1. The van der Waals surface area contributed by atoms with Gasteiger partial charge in [0.1, 0.15) is 12.3 Å². The summed E-state index contributed by atoms with van der Waals surface area (Å²) in [7, 11) is -3.95. The number of primary amides is 1. The minimum atomic E-state index is -3.95. The number of nitrogens with two attached hydrogens (primary N) is 1. The lowest BCUT2D eigenvalue weighted by Gasteiger charge is -2.26. The van der Waals surface area contributed by atoms with Crippen LogP contribution >= 0.6 is 11.6 Å². The van der Waals surface area contributed by atoms with Crippen LogP contribution in [0.4, 0.5) is 0 Å². The predicted octanol–water partition coefficient (Wildman–Crippen LogP) is 1.58. The van der Waals surface area contributed by atoms with Gasteiger partial charge in [0.15, 0.2) is 0 Å². The Labute approximate surface area is 138 Å². The van der Waals surface area contributed by atoms with E-state index in [0.29, 0.717) is 26.3 Å². The summed E-state index contributed by atoms with van der Waals surface area (Å²) < 4.78 is 25.9. The maximum atomic E-state index is 12.6. The Morgan fingerprint density at radius 3 is 2.52 bits per heavy atom. The number of halogens is 1. The average Bonchev–Trinajstić information content (AvgIpc) is 2.50. The van der Waals surface area contributed by atoms with Crippen molar-refractivity contribution < 1.29 is 13.2 Å². The van der Waals surface area contributed by atoms with Gasteiger partial charge in [-0.3, -0.25) is 4.79 Å². The zero-order valence-corrected chi connectivity index (χ0v) is 13.4. The monoisotopic (exact) mass is 349 g/mol. The van der Waals surface area contributed by atoms with Crippen molar-refractivity contribution in [1.82, 2.24) is 4.41 Å². The molecule has 0 aromatic heterocycles. The van der Waals surface area contributed by atoms with Crippen molar-refractivity contribution in [2.75, 3.05) is 6.54 Å². The molecule has 0 radical (unpaired) electrons. The van der Waals surface area contributed by atoms with Crippen LogP contribution in [0.3, 0.4) is 0 Å². The number of carbonyl (C=O) groups excluding carboxylic acids is 1. The number of hydrogen-bond acceptors (Lipinski definition) is 4. The second-order valence-electron chi connectivity index (χ2n) is 4.91. The van der Waals surface area contributed by atoms with Crippen LogP contribution in [0.5, 0.6) is 0 Å². The molecule has 0 aliphatic carbocycles. The van der Waals surface area contributed by atoms with E-state index in [-0.39, 0.29) is 4.90 Å². The second-order valence-corrected chi connectivity index (χ2v) is 7.15. The summed E-state index contributed by atoms with van der Waals surface area (Å²) in [5.41, 5.74) is 6.65. The first-order chi connectivity index (χ1) is 10.9. The highest BCUT2D eigenvalue weighted by Gasteiger charge is 2.34. The van der Waals surface area contributed by atoms with E-state index < -0.39 is 22.5 Å². The molecule has 2 aromatic carbocycles. The van der Waals surface area contributed by atoms with Crippen molar-refractivity contribution in [2.24, 2.45) is 10.8 Å².